The Morgan fingerprint density at radius 1 is 0.933 bits per heavy atom. The standard InChI is InChI=1S/C32H42N6O5S2/c1-21-8-12-23(13-9-21)17-44-19-25(35-31(42)43-32(3,4)5)28(39)34-26(20-45-18-24-14-10-22(2)11-15-24)30(41)38-16-6-7-27(38)29(40)36-37-33/h8-15,25-27H,6-7,16-20H2,1-5H3,(H,34,39)(H,35,42)/t25-,26-,27-/m0/s1. The van der Waals surface area contributed by atoms with Gasteiger partial charge in [-0.1, -0.05) is 59.7 Å². The van der Waals surface area contributed by atoms with Crippen molar-refractivity contribution >= 4 is 47.3 Å². The first-order valence-corrected chi connectivity index (χ1v) is 17.1. The lowest BCUT2D eigenvalue weighted by molar-refractivity contribution is -0.140. The summed E-state index contributed by atoms with van der Waals surface area (Å²) in [7, 11) is 0. The van der Waals surface area contributed by atoms with E-state index < -0.39 is 47.5 Å². The number of thioether (sulfide) groups is 2. The topological polar surface area (TPSA) is 154 Å². The predicted octanol–water partition coefficient (Wildman–Crippen LogP) is 5.68. The largest absolute Gasteiger partial charge is 0.444 e. The fraction of sp³-hybridized carbons (Fsp3) is 0.500. The molecule has 0 unspecified atom stereocenters. The van der Waals surface area contributed by atoms with E-state index in [1.165, 1.54) is 28.4 Å². The second kappa shape index (κ2) is 17.1. The highest BCUT2D eigenvalue weighted by Gasteiger charge is 2.38. The number of alkyl carbamates (subject to hydrolysis) is 1. The number of ether oxygens (including phenoxy) is 1. The van der Waals surface area contributed by atoms with Crippen molar-refractivity contribution in [3.05, 3.63) is 81.2 Å². The molecule has 11 nitrogen and oxygen atoms in total. The van der Waals surface area contributed by atoms with Crippen molar-refractivity contribution in [3.8, 4) is 0 Å². The molecule has 0 aliphatic carbocycles. The molecule has 1 saturated heterocycles. The van der Waals surface area contributed by atoms with Crippen molar-refractivity contribution in [2.45, 2.75) is 82.7 Å². The van der Waals surface area contributed by atoms with Gasteiger partial charge < -0.3 is 20.3 Å². The van der Waals surface area contributed by atoms with Gasteiger partial charge in [0, 0.05) is 34.5 Å². The number of hydrogen-bond donors (Lipinski definition) is 2. The SMILES string of the molecule is Cc1ccc(CSC[C@H](NC(=O)OC(C)(C)C)C(=O)N[C@@H](CSCc2ccc(C)cc2)C(=O)N2CCC[C@H]2C(=O)N=[N+]=[N-])cc1. The van der Waals surface area contributed by atoms with Crippen molar-refractivity contribution in [1.29, 1.82) is 0 Å². The molecule has 1 fully saturated rings. The normalized spacial score (nSPS) is 15.8. The fourth-order valence-corrected chi connectivity index (χ4v) is 6.66. The van der Waals surface area contributed by atoms with Crippen LogP contribution >= 0.6 is 23.5 Å². The summed E-state index contributed by atoms with van der Waals surface area (Å²) in [5.41, 5.74) is 12.4. The molecule has 2 aromatic rings. The van der Waals surface area contributed by atoms with Crippen molar-refractivity contribution in [2.75, 3.05) is 18.1 Å². The Morgan fingerprint density at radius 2 is 1.47 bits per heavy atom. The molecule has 242 valence electrons. The van der Waals surface area contributed by atoms with Crippen LogP contribution in [-0.4, -0.2) is 70.5 Å². The third-order valence-corrected chi connectivity index (χ3v) is 9.15. The summed E-state index contributed by atoms with van der Waals surface area (Å²) >= 11 is 2.95. The van der Waals surface area contributed by atoms with E-state index in [9.17, 15) is 19.2 Å². The Labute approximate surface area is 273 Å². The molecule has 45 heavy (non-hydrogen) atoms. The van der Waals surface area contributed by atoms with Crippen molar-refractivity contribution in [3.63, 3.8) is 0 Å². The van der Waals surface area contributed by atoms with Crippen LogP contribution in [0.15, 0.2) is 53.6 Å². The minimum Gasteiger partial charge on any atom is -0.444 e. The molecule has 0 aromatic heterocycles. The number of azide groups is 1. The molecule has 0 saturated carbocycles. The lowest BCUT2D eigenvalue weighted by atomic mass is 10.2. The van der Waals surface area contributed by atoms with Crippen LogP contribution in [0.4, 0.5) is 4.79 Å². The van der Waals surface area contributed by atoms with E-state index in [1.54, 1.807) is 20.8 Å². The smallest absolute Gasteiger partial charge is 0.408 e. The zero-order chi connectivity index (χ0) is 33.0. The van der Waals surface area contributed by atoms with Gasteiger partial charge in [0.15, 0.2) is 0 Å². The van der Waals surface area contributed by atoms with Gasteiger partial charge in [-0.05, 0) is 69.2 Å². The lowest BCUT2D eigenvalue weighted by Gasteiger charge is -2.29. The summed E-state index contributed by atoms with van der Waals surface area (Å²) in [6.07, 6.45) is 0.202. The van der Waals surface area contributed by atoms with Crippen molar-refractivity contribution in [2.24, 2.45) is 5.11 Å². The highest BCUT2D eigenvalue weighted by Crippen LogP contribution is 2.22. The molecule has 3 atom stereocenters. The molecule has 0 spiro atoms. The third-order valence-electron chi connectivity index (χ3n) is 6.93. The molecule has 2 N–H and O–H groups in total. The molecule has 1 heterocycles. The van der Waals surface area contributed by atoms with Crippen molar-refractivity contribution in [1.82, 2.24) is 15.5 Å². The first-order valence-electron chi connectivity index (χ1n) is 14.8. The van der Waals surface area contributed by atoms with E-state index in [1.807, 2.05) is 62.4 Å². The molecule has 1 aliphatic heterocycles. The number of rotatable bonds is 13. The quantitative estimate of drug-likeness (QED) is 0.160. The number of aryl methyl sites for hydroxylation is 2. The number of benzene rings is 2. The van der Waals surface area contributed by atoms with E-state index in [0.717, 1.165) is 22.3 Å². The van der Waals surface area contributed by atoms with Gasteiger partial charge in [-0.3, -0.25) is 14.4 Å². The second-order valence-corrected chi connectivity index (χ2v) is 14.0. The van der Waals surface area contributed by atoms with Gasteiger partial charge in [-0.25, -0.2) is 4.79 Å². The summed E-state index contributed by atoms with van der Waals surface area (Å²) in [6, 6.07) is 13.3. The minimum absolute atomic E-state index is 0.229. The Bertz CT molecular complexity index is 1370. The fourth-order valence-electron chi connectivity index (χ4n) is 4.64. The van der Waals surface area contributed by atoms with Gasteiger partial charge >= 0.3 is 6.09 Å². The van der Waals surface area contributed by atoms with E-state index in [4.69, 9.17) is 10.3 Å². The number of nitrogens with one attached hydrogen (secondary N) is 2. The lowest BCUT2D eigenvalue weighted by Crippen LogP contribution is -2.57. The molecule has 1 aliphatic rings. The molecule has 2 aromatic carbocycles. The van der Waals surface area contributed by atoms with E-state index in [2.05, 4.69) is 20.7 Å². The summed E-state index contributed by atoms with van der Waals surface area (Å²) in [5.74, 6) is -0.0161. The van der Waals surface area contributed by atoms with Gasteiger partial charge in [-0.15, -0.1) is 0 Å². The van der Waals surface area contributed by atoms with Crippen LogP contribution < -0.4 is 10.6 Å². The average molecular weight is 655 g/mol. The number of likely N-dealkylation sites (tertiary alicyclic amines) is 1. The zero-order valence-electron chi connectivity index (χ0n) is 26.4. The third kappa shape index (κ3) is 12.0. The van der Waals surface area contributed by atoms with Gasteiger partial charge in [0.25, 0.3) is 0 Å². The van der Waals surface area contributed by atoms with Crippen LogP contribution in [0.5, 0.6) is 0 Å². The van der Waals surface area contributed by atoms with Gasteiger partial charge in [-0.2, -0.15) is 23.5 Å². The van der Waals surface area contributed by atoms with Crippen LogP contribution in [-0.2, 0) is 30.6 Å². The number of carbonyl (C=O) groups excluding carboxylic acids is 4. The van der Waals surface area contributed by atoms with Crippen molar-refractivity contribution < 1.29 is 23.9 Å². The molecular weight excluding hydrogens is 613 g/mol. The number of hydrogen-bond acceptors (Lipinski definition) is 7. The predicted molar refractivity (Wildman–Crippen MR) is 179 cm³/mol. The van der Waals surface area contributed by atoms with Crippen LogP contribution in [0.2, 0.25) is 0 Å². The Morgan fingerprint density at radius 3 is 1.98 bits per heavy atom. The molecule has 3 rings (SSSR count). The molecule has 13 heteroatoms. The first kappa shape index (κ1) is 35.8. The minimum atomic E-state index is -0.994. The Balaban J connectivity index is 1.78. The van der Waals surface area contributed by atoms with Gasteiger partial charge in [0.2, 0.25) is 17.7 Å². The van der Waals surface area contributed by atoms with Gasteiger partial charge in [0.05, 0.1) is 6.04 Å². The maximum Gasteiger partial charge on any atom is 0.408 e. The molecule has 0 radical (unpaired) electrons. The number of nitrogens with zero attached hydrogens (tertiary/aromatic N) is 4. The second-order valence-electron chi connectivity index (χ2n) is 12.0. The highest BCUT2D eigenvalue weighted by molar-refractivity contribution is 7.98. The summed E-state index contributed by atoms with van der Waals surface area (Å²) in [5, 5.41) is 8.75. The molecule has 4 amide bonds. The average Bonchev–Trinajstić information content (AvgIpc) is 3.47. The van der Waals surface area contributed by atoms with E-state index in [0.29, 0.717) is 30.9 Å². The molecular formula is C32H42N6O5S2. The van der Waals surface area contributed by atoms with Crippen LogP contribution in [0, 0.1) is 13.8 Å². The molecule has 0 bridgehead atoms. The maximum atomic E-state index is 13.8. The summed E-state index contributed by atoms with van der Waals surface area (Å²) in [4.78, 5) is 56.7. The van der Waals surface area contributed by atoms with E-state index >= 15 is 0 Å². The number of carbonyl (C=O) groups is 4. The van der Waals surface area contributed by atoms with Crippen LogP contribution in [0.25, 0.3) is 10.4 Å². The van der Waals surface area contributed by atoms with Gasteiger partial charge in [0.1, 0.15) is 17.7 Å². The maximum absolute atomic E-state index is 13.8. The Kier molecular flexibility index (Phi) is 13.6. The van der Waals surface area contributed by atoms with E-state index in [-0.39, 0.29) is 11.5 Å². The zero-order valence-corrected chi connectivity index (χ0v) is 28.1. The number of amides is 4. The van der Waals surface area contributed by atoms with Crippen LogP contribution in [0.3, 0.4) is 0 Å². The summed E-state index contributed by atoms with van der Waals surface area (Å²) in [6.45, 7) is 9.52. The highest BCUT2D eigenvalue weighted by atomic mass is 32.2. The monoisotopic (exact) mass is 654 g/mol. The first-order chi connectivity index (χ1) is 21.4. The summed E-state index contributed by atoms with van der Waals surface area (Å²) < 4.78 is 5.42. The van der Waals surface area contributed by atoms with Crippen LogP contribution in [0.1, 0.15) is 55.9 Å². The Hall–Kier alpha value is -3.67.